The molecule has 0 aliphatic rings. The van der Waals surface area contributed by atoms with Crippen LogP contribution in [0.15, 0.2) is 41.7 Å². The Morgan fingerprint density at radius 3 is 2.86 bits per heavy atom. The lowest BCUT2D eigenvalue weighted by Gasteiger charge is -2.11. The Morgan fingerprint density at radius 1 is 1.43 bits per heavy atom. The number of benzene rings is 1. The van der Waals surface area contributed by atoms with Crippen molar-refractivity contribution in [2.24, 2.45) is 10.9 Å². The van der Waals surface area contributed by atoms with Gasteiger partial charge in [-0.2, -0.15) is 0 Å². The van der Waals surface area contributed by atoms with E-state index in [0.29, 0.717) is 5.56 Å². The molecule has 0 fully saturated rings. The van der Waals surface area contributed by atoms with Gasteiger partial charge in [-0.3, -0.25) is 10.1 Å². The van der Waals surface area contributed by atoms with E-state index in [9.17, 15) is 10.1 Å². The number of nitro groups is 1. The second kappa shape index (κ2) is 5.87. The van der Waals surface area contributed by atoms with Crippen LogP contribution in [0, 0.1) is 17.0 Å². The number of aryl methyl sites for hydroxylation is 1. The summed E-state index contributed by atoms with van der Waals surface area (Å²) in [6.45, 7) is 1.68. The molecule has 1 heterocycles. The minimum absolute atomic E-state index is 0.0856. The number of pyridine rings is 1. The van der Waals surface area contributed by atoms with Crippen LogP contribution in [0.3, 0.4) is 0 Å². The predicted octanol–water partition coefficient (Wildman–Crippen LogP) is 2.19. The summed E-state index contributed by atoms with van der Waals surface area (Å²) < 4.78 is 5.58. The molecule has 8 nitrogen and oxygen atoms in total. The standard InChI is InChI=1S/C13H12N4O4/c1-8-4-2-5-9(17(19)20)12(8)21-10-6-3-7-15-11(10)13(14)16-18/h2-7,18H,1H3,(H2,14,16). The van der Waals surface area contributed by atoms with Crippen molar-refractivity contribution >= 4 is 11.5 Å². The van der Waals surface area contributed by atoms with E-state index < -0.39 is 4.92 Å². The molecule has 8 heteroatoms. The summed E-state index contributed by atoms with van der Waals surface area (Å²) in [6.07, 6.45) is 1.44. The molecule has 21 heavy (non-hydrogen) atoms. The summed E-state index contributed by atoms with van der Waals surface area (Å²) in [5.74, 6) is -0.00507. The van der Waals surface area contributed by atoms with Gasteiger partial charge >= 0.3 is 5.69 Å². The van der Waals surface area contributed by atoms with E-state index in [1.165, 1.54) is 18.3 Å². The van der Waals surface area contributed by atoms with Crippen molar-refractivity contribution in [3.8, 4) is 11.5 Å². The lowest BCUT2D eigenvalue weighted by Crippen LogP contribution is -2.16. The molecule has 0 radical (unpaired) electrons. The van der Waals surface area contributed by atoms with Crippen LogP contribution in [0.25, 0.3) is 0 Å². The van der Waals surface area contributed by atoms with Gasteiger partial charge in [-0.25, -0.2) is 4.98 Å². The van der Waals surface area contributed by atoms with Crippen molar-refractivity contribution in [1.29, 1.82) is 0 Å². The van der Waals surface area contributed by atoms with Crippen LogP contribution < -0.4 is 10.5 Å². The monoisotopic (exact) mass is 288 g/mol. The van der Waals surface area contributed by atoms with Crippen LogP contribution in [-0.2, 0) is 0 Å². The third-order valence-corrected chi connectivity index (χ3v) is 2.72. The second-order valence-electron chi connectivity index (χ2n) is 4.12. The molecule has 2 aromatic rings. The molecule has 0 unspecified atom stereocenters. The summed E-state index contributed by atoms with van der Waals surface area (Å²) in [6, 6.07) is 7.68. The zero-order valence-electron chi connectivity index (χ0n) is 11.1. The zero-order chi connectivity index (χ0) is 15.4. The molecule has 1 aromatic heterocycles. The van der Waals surface area contributed by atoms with Crippen molar-refractivity contribution in [3.05, 3.63) is 57.9 Å². The van der Waals surface area contributed by atoms with E-state index in [2.05, 4.69) is 10.1 Å². The lowest BCUT2D eigenvalue weighted by molar-refractivity contribution is -0.385. The second-order valence-corrected chi connectivity index (χ2v) is 4.12. The first-order valence-corrected chi connectivity index (χ1v) is 5.89. The number of amidine groups is 1. The Bertz CT molecular complexity index is 715. The van der Waals surface area contributed by atoms with Gasteiger partial charge in [-0.15, -0.1) is 0 Å². The molecule has 3 N–H and O–H groups in total. The van der Waals surface area contributed by atoms with E-state index >= 15 is 0 Å². The van der Waals surface area contributed by atoms with Crippen molar-refractivity contribution in [2.75, 3.05) is 0 Å². The number of para-hydroxylation sites is 1. The molecule has 0 saturated heterocycles. The van der Waals surface area contributed by atoms with Crippen molar-refractivity contribution in [3.63, 3.8) is 0 Å². The molecule has 0 saturated carbocycles. The fourth-order valence-corrected chi connectivity index (χ4v) is 1.74. The molecule has 1 aromatic carbocycles. The highest BCUT2D eigenvalue weighted by Crippen LogP contribution is 2.35. The highest BCUT2D eigenvalue weighted by atomic mass is 16.6. The van der Waals surface area contributed by atoms with E-state index in [1.54, 1.807) is 25.1 Å². The molecule has 0 atom stereocenters. The number of nitro benzene ring substituents is 1. The van der Waals surface area contributed by atoms with E-state index in [-0.39, 0.29) is 28.7 Å². The molecule has 0 aliphatic heterocycles. The fourth-order valence-electron chi connectivity index (χ4n) is 1.74. The summed E-state index contributed by atoms with van der Waals surface area (Å²) >= 11 is 0. The zero-order valence-corrected chi connectivity index (χ0v) is 11.1. The van der Waals surface area contributed by atoms with Gasteiger partial charge in [0.15, 0.2) is 17.3 Å². The quantitative estimate of drug-likeness (QED) is 0.292. The average Bonchev–Trinajstić information content (AvgIpc) is 2.48. The van der Waals surface area contributed by atoms with Gasteiger partial charge in [0.1, 0.15) is 0 Å². The van der Waals surface area contributed by atoms with E-state index in [0.717, 1.165) is 0 Å². The van der Waals surface area contributed by atoms with Crippen molar-refractivity contribution in [2.45, 2.75) is 6.92 Å². The minimum atomic E-state index is -0.540. The maximum Gasteiger partial charge on any atom is 0.311 e. The van der Waals surface area contributed by atoms with Gasteiger partial charge in [0.2, 0.25) is 5.75 Å². The summed E-state index contributed by atoms with van der Waals surface area (Å²) in [5.41, 5.74) is 6.01. The number of hydrogen-bond donors (Lipinski definition) is 2. The summed E-state index contributed by atoms with van der Waals surface area (Å²) in [5, 5.41) is 22.7. The van der Waals surface area contributed by atoms with Gasteiger partial charge in [0, 0.05) is 12.3 Å². The number of aromatic nitrogens is 1. The van der Waals surface area contributed by atoms with E-state index in [1.807, 2.05) is 0 Å². The third-order valence-electron chi connectivity index (χ3n) is 2.72. The first-order valence-electron chi connectivity index (χ1n) is 5.89. The topological polar surface area (TPSA) is 124 Å². The van der Waals surface area contributed by atoms with Crippen LogP contribution in [0.4, 0.5) is 5.69 Å². The van der Waals surface area contributed by atoms with Gasteiger partial charge in [0.05, 0.1) is 4.92 Å². The number of ether oxygens (including phenoxy) is 1. The highest BCUT2D eigenvalue weighted by molar-refractivity contribution is 5.97. The molecule has 2 rings (SSSR count). The molecule has 108 valence electrons. The third kappa shape index (κ3) is 2.89. The Balaban J connectivity index is 2.52. The number of oxime groups is 1. The van der Waals surface area contributed by atoms with Gasteiger partial charge in [-0.1, -0.05) is 17.3 Å². The Labute approximate surface area is 119 Å². The highest BCUT2D eigenvalue weighted by Gasteiger charge is 2.20. The summed E-state index contributed by atoms with van der Waals surface area (Å²) in [4.78, 5) is 14.5. The fraction of sp³-hybridized carbons (Fsp3) is 0.0769. The lowest BCUT2D eigenvalue weighted by atomic mass is 10.2. The SMILES string of the molecule is Cc1cccc([N+](=O)[O-])c1Oc1cccnc1/C(N)=N/O. The first-order chi connectivity index (χ1) is 10.0. The molecular formula is C13H12N4O4. The molecule has 0 spiro atoms. The number of rotatable bonds is 4. The maximum absolute atomic E-state index is 11.1. The first kappa shape index (κ1) is 14.3. The minimum Gasteiger partial charge on any atom is -0.447 e. The Kier molecular flexibility index (Phi) is 3.98. The molecular weight excluding hydrogens is 276 g/mol. The van der Waals surface area contributed by atoms with Crippen LogP contribution in [0.2, 0.25) is 0 Å². The number of nitrogens with zero attached hydrogens (tertiary/aromatic N) is 3. The van der Waals surface area contributed by atoms with Crippen LogP contribution in [0.5, 0.6) is 11.5 Å². The van der Waals surface area contributed by atoms with Crippen molar-refractivity contribution < 1.29 is 14.9 Å². The normalized spacial score (nSPS) is 11.2. The number of nitrogens with two attached hydrogens (primary N) is 1. The van der Waals surface area contributed by atoms with Gasteiger partial charge in [-0.05, 0) is 24.6 Å². The van der Waals surface area contributed by atoms with Gasteiger partial charge in [0.25, 0.3) is 0 Å². The largest absolute Gasteiger partial charge is 0.447 e. The van der Waals surface area contributed by atoms with E-state index in [4.69, 9.17) is 15.7 Å². The summed E-state index contributed by atoms with van der Waals surface area (Å²) in [7, 11) is 0. The Hall–Kier alpha value is -3.16. The molecule has 0 bridgehead atoms. The van der Waals surface area contributed by atoms with Gasteiger partial charge < -0.3 is 15.7 Å². The van der Waals surface area contributed by atoms with Crippen LogP contribution in [-0.4, -0.2) is 21.0 Å². The van der Waals surface area contributed by atoms with Crippen LogP contribution in [0.1, 0.15) is 11.3 Å². The maximum atomic E-state index is 11.1. The Morgan fingerprint density at radius 2 is 2.19 bits per heavy atom. The number of hydrogen-bond acceptors (Lipinski definition) is 6. The average molecular weight is 288 g/mol. The smallest absolute Gasteiger partial charge is 0.311 e. The predicted molar refractivity (Wildman–Crippen MR) is 74.7 cm³/mol. The van der Waals surface area contributed by atoms with Crippen molar-refractivity contribution in [1.82, 2.24) is 4.98 Å². The van der Waals surface area contributed by atoms with Crippen LogP contribution >= 0.6 is 0 Å². The molecule has 0 amide bonds. The molecule has 0 aliphatic carbocycles.